The molecule has 0 aliphatic carbocycles. The molecule has 0 aliphatic heterocycles. The van der Waals surface area contributed by atoms with Crippen molar-refractivity contribution in [3.05, 3.63) is 52.0 Å². The van der Waals surface area contributed by atoms with Crippen LogP contribution in [0.2, 0.25) is 0 Å². The molecular formula is C16H20IN5S. The summed E-state index contributed by atoms with van der Waals surface area (Å²) in [6, 6.07) is 10.4. The molecule has 0 saturated carbocycles. The van der Waals surface area contributed by atoms with E-state index in [2.05, 4.69) is 56.1 Å². The smallest absolute Gasteiger partial charge is 0.191 e. The first-order valence-electron chi connectivity index (χ1n) is 7.17. The number of aliphatic imine (C=N–C) groups is 1. The highest BCUT2D eigenvalue weighted by Gasteiger charge is 2.04. The second-order valence-electron chi connectivity index (χ2n) is 5.06. The minimum absolute atomic E-state index is 0. The third-order valence-electron chi connectivity index (χ3n) is 3.34. The van der Waals surface area contributed by atoms with Crippen LogP contribution >= 0.6 is 35.3 Å². The van der Waals surface area contributed by atoms with E-state index >= 15 is 0 Å². The van der Waals surface area contributed by atoms with Gasteiger partial charge in [0, 0.05) is 11.9 Å². The maximum atomic E-state index is 4.57. The zero-order valence-corrected chi connectivity index (χ0v) is 16.2. The second-order valence-corrected chi connectivity index (χ2v) is 6.10. The Kier molecular flexibility index (Phi) is 6.40. The number of guanidine groups is 1. The van der Waals surface area contributed by atoms with E-state index in [9.17, 15) is 0 Å². The lowest BCUT2D eigenvalue weighted by Crippen LogP contribution is -2.36. The molecule has 122 valence electrons. The number of aryl methyl sites for hydroxylation is 1. The fraction of sp³-hybridized carbons (Fsp3) is 0.250. The molecule has 0 amide bonds. The highest BCUT2D eigenvalue weighted by molar-refractivity contribution is 14.0. The lowest BCUT2D eigenvalue weighted by Gasteiger charge is -2.09. The highest BCUT2D eigenvalue weighted by atomic mass is 127. The quantitative estimate of drug-likeness (QED) is 0.330. The summed E-state index contributed by atoms with van der Waals surface area (Å²) in [5.74, 6) is 1.67. The first kappa shape index (κ1) is 17.7. The average Bonchev–Trinajstić information content (AvgIpc) is 3.16. The molecule has 0 spiro atoms. The van der Waals surface area contributed by atoms with Crippen LogP contribution in [-0.2, 0) is 13.1 Å². The van der Waals surface area contributed by atoms with Gasteiger partial charge < -0.3 is 15.6 Å². The number of halogens is 1. The summed E-state index contributed by atoms with van der Waals surface area (Å²) < 4.78 is 0. The lowest BCUT2D eigenvalue weighted by atomic mass is 10.2. The summed E-state index contributed by atoms with van der Waals surface area (Å²) in [5.41, 5.74) is 3.28. The summed E-state index contributed by atoms with van der Waals surface area (Å²) in [5, 5.41) is 8.64. The van der Waals surface area contributed by atoms with Crippen molar-refractivity contribution in [3.63, 3.8) is 0 Å². The van der Waals surface area contributed by atoms with Gasteiger partial charge >= 0.3 is 0 Å². The Hall–Kier alpha value is -1.61. The summed E-state index contributed by atoms with van der Waals surface area (Å²) >= 11 is 1.73. The summed E-state index contributed by atoms with van der Waals surface area (Å²) in [6.45, 7) is 3.46. The molecule has 1 aromatic carbocycles. The van der Waals surface area contributed by atoms with Gasteiger partial charge in [-0.15, -0.1) is 35.3 Å². The lowest BCUT2D eigenvalue weighted by molar-refractivity contribution is 0.788. The van der Waals surface area contributed by atoms with Gasteiger partial charge in [-0.05, 0) is 36.1 Å². The van der Waals surface area contributed by atoms with Crippen molar-refractivity contribution < 1.29 is 0 Å². The van der Waals surface area contributed by atoms with E-state index in [0.717, 1.165) is 29.4 Å². The van der Waals surface area contributed by atoms with E-state index in [4.69, 9.17) is 0 Å². The fourth-order valence-corrected chi connectivity index (χ4v) is 2.88. The number of benzene rings is 1. The van der Waals surface area contributed by atoms with Crippen LogP contribution in [0.4, 0.5) is 0 Å². The van der Waals surface area contributed by atoms with Crippen LogP contribution in [0.15, 0.2) is 40.7 Å². The van der Waals surface area contributed by atoms with Crippen LogP contribution in [-0.4, -0.2) is 23.0 Å². The molecule has 23 heavy (non-hydrogen) atoms. The number of nitrogens with zero attached hydrogens (tertiary/aromatic N) is 2. The monoisotopic (exact) mass is 441 g/mol. The van der Waals surface area contributed by atoms with Gasteiger partial charge in [-0.1, -0.05) is 12.1 Å². The zero-order chi connectivity index (χ0) is 15.4. The van der Waals surface area contributed by atoms with Gasteiger partial charge in [0.15, 0.2) is 5.96 Å². The van der Waals surface area contributed by atoms with Crippen LogP contribution in [0.25, 0.3) is 11.0 Å². The van der Waals surface area contributed by atoms with Crippen molar-refractivity contribution in [2.24, 2.45) is 4.99 Å². The molecule has 3 rings (SSSR count). The molecule has 0 saturated heterocycles. The molecule has 2 aromatic heterocycles. The van der Waals surface area contributed by atoms with E-state index in [0.29, 0.717) is 6.54 Å². The second kappa shape index (κ2) is 8.30. The molecule has 0 atom stereocenters. The Bertz CT molecular complexity index is 779. The Morgan fingerprint density at radius 2 is 2.09 bits per heavy atom. The number of aromatic nitrogens is 2. The Morgan fingerprint density at radius 3 is 2.83 bits per heavy atom. The van der Waals surface area contributed by atoms with Crippen molar-refractivity contribution in [2.45, 2.75) is 20.0 Å². The van der Waals surface area contributed by atoms with Crippen LogP contribution in [0, 0.1) is 6.92 Å². The van der Waals surface area contributed by atoms with Gasteiger partial charge in [0.2, 0.25) is 0 Å². The maximum absolute atomic E-state index is 4.57. The third-order valence-corrected chi connectivity index (χ3v) is 4.22. The van der Waals surface area contributed by atoms with Crippen molar-refractivity contribution >= 4 is 52.3 Å². The molecule has 0 radical (unpaired) electrons. The summed E-state index contributed by atoms with van der Waals surface area (Å²) in [7, 11) is 1.77. The van der Waals surface area contributed by atoms with Crippen LogP contribution < -0.4 is 10.6 Å². The molecule has 5 nitrogen and oxygen atoms in total. The van der Waals surface area contributed by atoms with Crippen molar-refractivity contribution in [1.82, 2.24) is 20.6 Å². The molecule has 7 heteroatoms. The number of thiophene rings is 1. The van der Waals surface area contributed by atoms with Gasteiger partial charge in [-0.2, -0.15) is 0 Å². The number of imidazole rings is 1. The predicted octanol–water partition coefficient (Wildman–Crippen LogP) is 3.42. The standard InChI is InChI=1S/C16H19N5S.HI/c1-11-5-6-13-14(8-11)21-15(20-13)10-19-16(17-2)18-9-12-4-3-7-22-12;/h3-8H,9-10H2,1-2H3,(H,20,21)(H2,17,18,19);1H. The van der Waals surface area contributed by atoms with E-state index in [1.807, 2.05) is 12.1 Å². The zero-order valence-electron chi connectivity index (χ0n) is 13.1. The van der Waals surface area contributed by atoms with Gasteiger partial charge in [0.1, 0.15) is 5.82 Å². The first-order chi connectivity index (χ1) is 10.7. The number of H-pyrrole nitrogens is 1. The number of hydrogen-bond acceptors (Lipinski definition) is 3. The number of hydrogen-bond donors (Lipinski definition) is 3. The molecule has 0 fully saturated rings. The normalized spacial score (nSPS) is 11.3. The van der Waals surface area contributed by atoms with Crippen LogP contribution in [0.1, 0.15) is 16.3 Å². The first-order valence-corrected chi connectivity index (χ1v) is 8.05. The van der Waals surface area contributed by atoms with E-state index < -0.39 is 0 Å². The molecular weight excluding hydrogens is 421 g/mol. The molecule has 0 unspecified atom stereocenters. The third kappa shape index (κ3) is 4.68. The van der Waals surface area contributed by atoms with Gasteiger partial charge in [-0.25, -0.2) is 4.98 Å². The molecule has 3 aromatic rings. The number of aromatic amines is 1. The molecule has 2 heterocycles. The maximum Gasteiger partial charge on any atom is 0.191 e. The number of nitrogens with one attached hydrogen (secondary N) is 3. The molecule has 3 N–H and O–H groups in total. The predicted molar refractivity (Wildman–Crippen MR) is 108 cm³/mol. The van der Waals surface area contributed by atoms with Gasteiger partial charge in [0.25, 0.3) is 0 Å². The van der Waals surface area contributed by atoms with Gasteiger partial charge in [-0.3, -0.25) is 4.99 Å². The number of fused-ring (bicyclic) bond motifs is 1. The fourth-order valence-electron chi connectivity index (χ4n) is 2.23. The average molecular weight is 441 g/mol. The Labute approximate surface area is 156 Å². The Morgan fingerprint density at radius 1 is 1.26 bits per heavy atom. The topological polar surface area (TPSA) is 65.1 Å². The Balaban J connectivity index is 0.00000192. The van der Waals surface area contributed by atoms with Crippen molar-refractivity contribution in [3.8, 4) is 0 Å². The SMILES string of the molecule is CN=C(NCc1nc2ccc(C)cc2[nH]1)NCc1cccs1.I. The van der Waals surface area contributed by atoms with Crippen molar-refractivity contribution in [2.75, 3.05) is 7.05 Å². The van der Waals surface area contributed by atoms with Crippen molar-refractivity contribution in [1.29, 1.82) is 0 Å². The molecule has 0 bridgehead atoms. The van der Waals surface area contributed by atoms with E-state index in [1.165, 1.54) is 10.4 Å². The minimum Gasteiger partial charge on any atom is -0.352 e. The van der Waals surface area contributed by atoms with Gasteiger partial charge in [0.05, 0.1) is 24.1 Å². The minimum atomic E-state index is 0. The summed E-state index contributed by atoms with van der Waals surface area (Å²) in [6.07, 6.45) is 0. The largest absolute Gasteiger partial charge is 0.352 e. The van der Waals surface area contributed by atoms with E-state index in [1.54, 1.807) is 18.4 Å². The number of rotatable bonds is 4. The van der Waals surface area contributed by atoms with Crippen LogP contribution in [0.5, 0.6) is 0 Å². The summed E-state index contributed by atoms with van der Waals surface area (Å²) in [4.78, 5) is 13.4. The van der Waals surface area contributed by atoms with Crippen LogP contribution in [0.3, 0.4) is 0 Å². The highest BCUT2D eigenvalue weighted by Crippen LogP contribution is 2.13. The molecule has 0 aliphatic rings. The van der Waals surface area contributed by atoms with E-state index in [-0.39, 0.29) is 24.0 Å².